The van der Waals surface area contributed by atoms with Crippen LogP contribution < -0.4 is 11.1 Å². The molecule has 0 spiro atoms. The molecule has 1 aromatic heterocycles. The van der Waals surface area contributed by atoms with Crippen molar-refractivity contribution in [3.8, 4) is 5.75 Å². The van der Waals surface area contributed by atoms with Gasteiger partial charge in [-0.3, -0.25) is 4.79 Å². The molecule has 17 heavy (non-hydrogen) atoms. The number of aromatic hydroxyl groups is 1. The van der Waals surface area contributed by atoms with Crippen LogP contribution in [0.2, 0.25) is 5.02 Å². The number of anilines is 2. The molecule has 8 heteroatoms. The Balaban J connectivity index is 2.19. The number of aromatic nitrogens is 2. The lowest BCUT2D eigenvalue weighted by Gasteiger charge is -2.04. The van der Waals surface area contributed by atoms with E-state index in [1.807, 2.05) is 0 Å². The Morgan fingerprint density at radius 1 is 1.47 bits per heavy atom. The summed E-state index contributed by atoms with van der Waals surface area (Å²) in [5, 5.41) is 18.4. The highest BCUT2D eigenvalue weighted by Gasteiger charge is 2.16. The zero-order valence-corrected chi connectivity index (χ0v) is 9.10. The summed E-state index contributed by atoms with van der Waals surface area (Å²) in [6.45, 7) is 0. The molecule has 2 aromatic rings. The number of amides is 1. The Hall–Kier alpha value is -2.28. The zero-order valence-electron chi connectivity index (χ0n) is 8.35. The van der Waals surface area contributed by atoms with Gasteiger partial charge in [-0.25, -0.2) is 4.63 Å². The fourth-order valence-electron chi connectivity index (χ4n) is 1.13. The van der Waals surface area contributed by atoms with Gasteiger partial charge in [0.05, 0.1) is 5.02 Å². The van der Waals surface area contributed by atoms with Gasteiger partial charge in [-0.2, -0.15) is 0 Å². The normalized spacial score (nSPS) is 10.2. The Kier molecular flexibility index (Phi) is 2.84. The minimum absolute atomic E-state index is 0.0766. The molecule has 0 saturated heterocycles. The van der Waals surface area contributed by atoms with Crippen LogP contribution >= 0.6 is 11.6 Å². The summed E-state index contributed by atoms with van der Waals surface area (Å²) in [6.07, 6.45) is 0. The molecular formula is C9H7ClN4O3. The van der Waals surface area contributed by atoms with Gasteiger partial charge in [0, 0.05) is 5.69 Å². The van der Waals surface area contributed by atoms with E-state index >= 15 is 0 Å². The van der Waals surface area contributed by atoms with Crippen molar-refractivity contribution in [3.05, 3.63) is 28.9 Å². The fourth-order valence-corrected chi connectivity index (χ4v) is 1.31. The molecule has 1 heterocycles. The molecule has 7 nitrogen and oxygen atoms in total. The second-order valence-electron chi connectivity index (χ2n) is 3.12. The number of nitrogens with zero attached hydrogens (tertiary/aromatic N) is 2. The molecule has 0 fully saturated rings. The van der Waals surface area contributed by atoms with Crippen molar-refractivity contribution >= 4 is 29.0 Å². The first-order chi connectivity index (χ1) is 8.08. The van der Waals surface area contributed by atoms with Crippen LogP contribution in [-0.2, 0) is 0 Å². The summed E-state index contributed by atoms with van der Waals surface area (Å²) >= 11 is 5.68. The van der Waals surface area contributed by atoms with E-state index < -0.39 is 5.91 Å². The summed E-state index contributed by atoms with van der Waals surface area (Å²) in [6, 6.07) is 4.21. The monoisotopic (exact) mass is 254 g/mol. The van der Waals surface area contributed by atoms with E-state index in [0.29, 0.717) is 5.69 Å². The number of hydrogen-bond acceptors (Lipinski definition) is 6. The molecule has 0 radical (unpaired) electrons. The summed E-state index contributed by atoms with van der Waals surface area (Å²) in [4.78, 5) is 11.6. The van der Waals surface area contributed by atoms with E-state index in [1.54, 1.807) is 0 Å². The lowest BCUT2D eigenvalue weighted by Crippen LogP contribution is -2.14. The van der Waals surface area contributed by atoms with Crippen molar-refractivity contribution in [2.45, 2.75) is 0 Å². The molecule has 1 amide bonds. The van der Waals surface area contributed by atoms with Crippen molar-refractivity contribution < 1.29 is 14.5 Å². The summed E-state index contributed by atoms with van der Waals surface area (Å²) in [5.41, 5.74) is 5.63. The number of nitrogen functional groups attached to an aromatic ring is 1. The Labute approximate surface area is 100 Å². The number of nitrogens with two attached hydrogens (primary N) is 1. The minimum Gasteiger partial charge on any atom is -0.506 e. The van der Waals surface area contributed by atoms with E-state index in [4.69, 9.17) is 17.3 Å². The third-order valence-corrected chi connectivity index (χ3v) is 2.24. The number of carbonyl (C=O) groups excluding carboxylic acids is 1. The molecule has 0 bridgehead atoms. The van der Waals surface area contributed by atoms with Crippen LogP contribution in [0.1, 0.15) is 10.5 Å². The van der Waals surface area contributed by atoms with Gasteiger partial charge in [0.1, 0.15) is 5.75 Å². The summed E-state index contributed by atoms with van der Waals surface area (Å²) in [5.74, 6) is -0.759. The summed E-state index contributed by atoms with van der Waals surface area (Å²) < 4.78 is 4.30. The first-order valence-corrected chi connectivity index (χ1v) is 4.83. The minimum atomic E-state index is -0.578. The van der Waals surface area contributed by atoms with E-state index in [9.17, 15) is 9.90 Å². The standard InChI is InChI=1S/C9H7ClN4O3/c10-5-3-4(1-2-6(5)15)12-9(16)7-8(11)14-17-13-7/h1-3,15H,(H2,11,14)(H,12,16). The maximum atomic E-state index is 11.6. The highest BCUT2D eigenvalue weighted by molar-refractivity contribution is 6.32. The number of phenolic OH excluding ortho intramolecular Hbond substituents is 1. The highest BCUT2D eigenvalue weighted by Crippen LogP contribution is 2.26. The Morgan fingerprint density at radius 3 is 2.82 bits per heavy atom. The quantitative estimate of drug-likeness (QED) is 0.695. The van der Waals surface area contributed by atoms with Crippen molar-refractivity contribution in [2.75, 3.05) is 11.1 Å². The molecule has 0 unspecified atom stereocenters. The number of hydrogen-bond donors (Lipinski definition) is 3. The Bertz CT molecular complexity index is 569. The molecule has 88 valence electrons. The van der Waals surface area contributed by atoms with Gasteiger partial charge in [0.15, 0.2) is 0 Å². The largest absolute Gasteiger partial charge is 0.506 e. The number of rotatable bonds is 2. The van der Waals surface area contributed by atoms with Gasteiger partial charge >= 0.3 is 0 Å². The molecule has 0 aliphatic carbocycles. The lowest BCUT2D eigenvalue weighted by molar-refractivity contribution is 0.101. The maximum absolute atomic E-state index is 11.6. The average molecular weight is 255 g/mol. The fraction of sp³-hybridized carbons (Fsp3) is 0. The number of nitrogens with one attached hydrogen (secondary N) is 1. The molecule has 0 aliphatic rings. The predicted octanol–water partition coefficient (Wildman–Crippen LogP) is 1.26. The van der Waals surface area contributed by atoms with Crippen LogP contribution in [0.4, 0.5) is 11.5 Å². The van der Waals surface area contributed by atoms with Crippen LogP contribution in [0.5, 0.6) is 5.75 Å². The van der Waals surface area contributed by atoms with Crippen molar-refractivity contribution in [1.82, 2.24) is 10.3 Å². The number of carbonyl (C=O) groups is 1. The average Bonchev–Trinajstić information content (AvgIpc) is 2.70. The van der Waals surface area contributed by atoms with Gasteiger partial charge in [-0.15, -0.1) is 0 Å². The van der Waals surface area contributed by atoms with E-state index in [-0.39, 0.29) is 22.3 Å². The van der Waals surface area contributed by atoms with Gasteiger partial charge in [0.2, 0.25) is 11.5 Å². The van der Waals surface area contributed by atoms with E-state index in [1.165, 1.54) is 18.2 Å². The lowest BCUT2D eigenvalue weighted by atomic mass is 10.3. The van der Waals surface area contributed by atoms with Crippen LogP contribution in [-0.4, -0.2) is 21.3 Å². The third-order valence-electron chi connectivity index (χ3n) is 1.93. The topological polar surface area (TPSA) is 114 Å². The molecule has 4 N–H and O–H groups in total. The van der Waals surface area contributed by atoms with Gasteiger partial charge < -0.3 is 16.2 Å². The van der Waals surface area contributed by atoms with Crippen LogP contribution in [0.25, 0.3) is 0 Å². The Morgan fingerprint density at radius 2 is 2.24 bits per heavy atom. The summed E-state index contributed by atoms with van der Waals surface area (Å²) in [7, 11) is 0. The number of benzene rings is 1. The van der Waals surface area contributed by atoms with Crippen molar-refractivity contribution in [2.24, 2.45) is 0 Å². The molecule has 0 aliphatic heterocycles. The van der Waals surface area contributed by atoms with Crippen molar-refractivity contribution in [1.29, 1.82) is 0 Å². The predicted molar refractivity (Wildman–Crippen MR) is 59.8 cm³/mol. The van der Waals surface area contributed by atoms with Gasteiger partial charge in [-0.1, -0.05) is 11.6 Å². The van der Waals surface area contributed by atoms with E-state index in [0.717, 1.165) is 0 Å². The highest BCUT2D eigenvalue weighted by atomic mass is 35.5. The van der Waals surface area contributed by atoms with Crippen molar-refractivity contribution in [3.63, 3.8) is 0 Å². The molecule has 0 atom stereocenters. The van der Waals surface area contributed by atoms with Crippen LogP contribution in [0, 0.1) is 0 Å². The second kappa shape index (κ2) is 4.30. The molecule has 2 rings (SSSR count). The second-order valence-corrected chi connectivity index (χ2v) is 3.53. The van der Waals surface area contributed by atoms with Gasteiger partial charge in [-0.05, 0) is 28.5 Å². The third kappa shape index (κ3) is 2.28. The van der Waals surface area contributed by atoms with Crippen LogP contribution in [0.3, 0.4) is 0 Å². The van der Waals surface area contributed by atoms with E-state index in [2.05, 4.69) is 20.3 Å². The van der Waals surface area contributed by atoms with Crippen LogP contribution in [0.15, 0.2) is 22.8 Å². The first-order valence-electron chi connectivity index (χ1n) is 4.46. The first kappa shape index (κ1) is 11.2. The van der Waals surface area contributed by atoms with Gasteiger partial charge in [0.25, 0.3) is 5.91 Å². The number of phenols is 1. The SMILES string of the molecule is Nc1nonc1C(=O)Nc1ccc(O)c(Cl)c1. The molecule has 1 aromatic carbocycles. The maximum Gasteiger partial charge on any atom is 0.281 e. The molecular weight excluding hydrogens is 248 g/mol. The zero-order chi connectivity index (χ0) is 12.4. The molecule has 0 saturated carbocycles. The smallest absolute Gasteiger partial charge is 0.281 e. The number of halogens is 1.